The molecule has 0 N–H and O–H groups in total. The van der Waals surface area contributed by atoms with Crippen LogP contribution in [0.25, 0.3) is 72.7 Å². The third-order valence-corrected chi connectivity index (χ3v) is 15.2. The van der Waals surface area contributed by atoms with E-state index in [2.05, 4.69) is 183 Å². The van der Waals surface area contributed by atoms with Crippen molar-refractivity contribution in [3.63, 3.8) is 0 Å². The summed E-state index contributed by atoms with van der Waals surface area (Å²) in [6.45, 7) is 13.1. The summed E-state index contributed by atoms with van der Waals surface area (Å²) in [5.41, 5.74) is 13.9. The van der Waals surface area contributed by atoms with Crippen molar-refractivity contribution in [3.8, 4) is 39.5 Å². The SMILES string of the molecule is CC(C)c1cccc2nc(-c3[c-]cnc4c3oc3nc(C(C)(C)C)ccc34)n(-c3ccc(-c4ccccc4)cc3)c12.CCc1cc(-c2[c-]cccc2)nc[c]1[Ge]([CH3])([CH3])[CH3].[Ir]. The summed E-state index contributed by atoms with van der Waals surface area (Å²) in [6, 6.07) is 46.5. The van der Waals surface area contributed by atoms with Crippen LogP contribution in [0.15, 0.2) is 132 Å². The van der Waals surface area contributed by atoms with E-state index < -0.39 is 13.3 Å². The van der Waals surface area contributed by atoms with Crippen molar-refractivity contribution in [3.05, 3.63) is 157 Å². The van der Waals surface area contributed by atoms with Crippen LogP contribution in [0, 0.1) is 12.1 Å². The zero-order valence-electron chi connectivity index (χ0n) is 35.9. The van der Waals surface area contributed by atoms with Gasteiger partial charge in [-0.25, -0.2) is 4.98 Å². The second kappa shape index (κ2) is 17.4. The van der Waals surface area contributed by atoms with Gasteiger partial charge in [0.15, 0.2) is 0 Å². The minimum atomic E-state index is -1.80. The normalized spacial score (nSPS) is 11.8. The van der Waals surface area contributed by atoms with Crippen LogP contribution in [0.4, 0.5) is 0 Å². The van der Waals surface area contributed by atoms with Crippen LogP contribution in [-0.2, 0) is 31.9 Å². The molecule has 60 heavy (non-hydrogen) atoms. The second-order valence-electron chi connectivity index (χ2n) is 17.5. The Balaban J connectivity index is 0.000000241. The third kappa shape index (κ3) is 8.54. The van der Waals surface area contributed by atoms with E-state index in [1.807, 2.05) is 24.3 Å². The van der Waals surface area contributed by atoms with Crippen molar-refractivity contribution >= 4 is 50.9 Å². The number of rotatable bonds is 7. The van der Waals surface area contributed by atoms with Crippen molar-refractivity contribution in [2.45, 2.75) is 76.6 Å². The van der Waals surface area contributed by atoms with Crippen LogP contribution in [0.3, 0.4) is 0 Å². The molecule has 0 aliphatic heterocycles. The van der Waals surface area contributed by atoms with E-state index in [4.69, 9.17) is 14.4 Å². The molecule has 0 atom stereocenters. The van der Waals surface area contributed by atoms with Crippen molar-refractivity contribution in [1.29, 1.82) is 0 Å². The fourth-order valence-corrected chi connectivity index (χ4v) is 11.2. The molecule has 0 saturated carbocycles. The minimum Gasteiger partial charge on any atom is 0 e. The van der Waals surface area contributed by atoms with Gasteiger partial charge in [0, 0.05) is 42.7 Å². The average molecular weight is 1030 g/mol. The first-order valence-corrected chi connectivity index (χ1v) is 27.9. The zero-order chi connectivity index (χ0) is 41.5. The molecule has 0 aliphatic carbocycles. The van der Waals surface area contributed by atoms with Gasteiger partial charge in [-0.1, -0.05) is 89.2 Å². The van der Waals surface area contributed by atoms with E-state index in [0.717, 1.165) is 62.4 Å². The number of imidazole rings is 1. The zero-order valence-corrected chi connectivity index (χ0v) is 40.4. The Bertz CT molecular complexity index is 2910. The van der Waals surface area contributed by atoms with E-state index in [9.17, 15) is 0 Å². The van der Waals surface area contributed by atoms with Gasteiger partial charge >= 0.3 is 113 Å². The Morgan fingerprint density at radius 3 is 2.18 bits per heavy atom. The standard InChI is InChI=1S/C36H31N4O.C16H20GeN.Ir/c1-22(2)26-12-9-13-29-32(26)40(25-16-14-24(15-17-25)23-10-7-6-8-11-23)34(38-29)28-20-21-37-31-27-18-19-30(36(3,4)5)39-35(27)41-33(28)31;1-5-13-11-16(14-9-7-6-8-10-14)18-12-15(13)17(2,3)4;/h6-19,21-22H,1-5H3;6-9,11-12H,5H2,1-4H3;/q2*-1;. The van der Waals surface area contributed by atoms with E-state index in [1.54, 1.807) is 6.20 Å². The maximum atomic E-state index is 6.46. The first-order chi connectivity index (χ1) is 28.3. The first-order valence-electron chi connectivity index (χ1n) is 20.6. The monoisotopic (exact) mass is 1030 g/mol. The molecule has 0 fully saturated rings. The number of pyridine rings is 3. The molecule has 0 aliphatic rings. The van der Waals surface area contributed by atoms with Crippen molar-refractivity contribution in [1.82, 2.24) is 24.5 Å². The fraction of sp³-hybridized carbons (Fsp3) is 0.231. The van der Waals surface area contributed by atoms with Gasteiger partial charge in [0.1, 0.15) is 0 Å². The van der Waals surface area contributed by atoms with Crippen molar-refractivity contribution in [2.24, 2.45) is 0 Å². The Hall–Kier alpha value is -5.21. The number of para-hydroxylation sites is 1. The Morgan fingerprint density at radius 1 is 0.783 bits per heavy atom. The third-order valence-electron chi connectivity index (χ3n) is 10.9. The van der Waals surface area contributed by atoms with Crippen LogP contribution >= 0.6 is 0 Å². The maximum absolute atomic E-state index is 6.46. The second-order valence-corrected chi connectivity index (χ2v) is 28.1. The Morgan fingerprint density at radius 2 is 1.52 bits per heavy atom. The number of hydrogen-bond donors (Lipinski definition) is 0. The van der Waals surface area contributed by atoms with Crippen LogP contribution in [-0.4, -0.2) is 37.8 Å². The van der Waals surface area contributed by atoms with Gasteiger partial charge in [-0.15, -0.1) is 11.6 Å². The molecule has 0 saturated heterocycles. The molecule has 305 valence electrons. The molecular formula is C52H51GeIrN5O-2. The summed E-state index contributed by atoms with van der Waals surface area (Å²) >= 11 is -1.80. The van der Waals surface area contributed by atoms with Gasteiger partial charge in [-0.3, -0.25) is 9.97 Å². The molecule has 8 heteroatoms. The van der Waals surface area contributed by atoms with Crippen LogP contribution in [0.2, 0.25) is 17.3 Å². The smallest absolute Gasteiger partial charge is 0 e. The number of nitrogens with zero attached hydrogens (tertiary/aromatic N) is 5. The predicted octanol–water partition coefficient (Wildman–Crippen LogP) is 12.9. The summed E-state index contributed by atoms with van der Waals surface area (Å²) in [5.74, 6) is 8.35. The summed E-state index contributed by atoms with van der Waals surface area (Å²) in [5, 5.41) is 0.890. The van der Waals surface area contributed by atoms with Gasteiger partial charge in [0.05, 0.1) is 27.5 Å². The molecule has 9 aromatic rings. The Labute approximate surface area is 370 Å². The summed E-state index contributed by atoms with van der Waals surface area (Å²) in [7, 11) is 0. The number of hydrogen-bond acceptors (Lipinski definition) is 5. The number of aromatic nitrogens is 5. The van der Waals surface area contributed by atoms with Crippen molar-refractivity contribution < 1.29 is 24.5 Å². The summed E-state index contributed by atoms with van der Waals surface area (Å²) in [4.78, 5) is 19.4. The molecule has 4 aromatic carbocycles. The van der Waals surface area contributed by atoms with Gasteiger partial charge in [-0.2, -0.15) is 0 Å². The molecule has 0 unspecified atom stereocenters. The topological polar surface area (TPSA) is 69.6 Å². The average Bonchev–Trinajstić information content (AvgIpc) is 3.82. The molecule has 5 heterocycles. The quantitative estimate of drug-likeness (QED) is 0.118. The maximum Gasteiger partial charge on any atom is 0 e. The van der Waals surface area contributed by atoms with E-state index >= 15 is 0 Å². The molecule has 1 radical (unpaired) electrons. The number of fused-ring (bicyclic) bond motifs is 4. The number of furan rings is 1. The van der Waals surface area contributed by atoms with Gasteiger partial charge in [0.2, 0.25) is 5.71 Å². The largest absolute Gasteiger partial charge is 0 e. The molecule has 9 rings (SSSR count). The molecule has 0 amide bonds. The van der Waals surface area contributed by atoms with Crippen molar-refractivity contribution in [2.75, 3.05) is 0 Å². The van der Waals surface area contributed by atoms with Gasteiger partial charge < -0.3 is 8.98 Å². The summed E-state index contributed by atoms with van der Waals surface area (Å²) < 4.78 is 10.2. The van der Waals surface area contributed by atoms with Gasteiger partial charge in [0.25, 0.3) is 0 Å². The molecule has 5 aromatic heterocycles. The fourth-order valence-electron chi connectivity index (χ4n) is 7.71. The first kappa shape index (κ1) is 42.9. The Kier molecular flexibility index (Phi) is 12.4. The minimum absolute atomic E-state index is 0. The van der Waals surface area contributed by atoms with E-state index in [0.29, 0.717) is 17.2 Å². The predicted molar refractivity (Wildman–Crippen MR) is 247 cm³/mol. The molecule has 0 spiro atoms. The van der Waals surface area contributed by atoms with E-state index in [-0.39, 0.29) is 25.5 Å². The van der Waals surface area contributed by atoms with Gasteiger partial charge in [-0.05, 0) is 59.1 Å². The van der Waals surface area contributed by atoms with E-state index in [1.165, 1.54) is 26.6 Å². The van der Waals surface area contributed by atoms with Crippen LogP contribution in [0.1, 0.15) is 64.3 Å². The molecular weight excluding hydrogens is 975 g/mol. The van der Waals surface area contributed by atoms with Crippen LogP contribution < -0.4 is 4.40 Å². The number of aryl methyl sites for hydroxylation is 1. The van der Waals surface area contributed by atoms with Crippen LogP contribution in [0.5, 0.6) is 0 Å². The number of benzene rings is 4. The molecule has 6 nitrogen and oxygen atoms in total. The molecule has 0 bridgehead atoms. The summed E-state index contributed by atoms with van der Waals surface area (Å²) in [6.07, 6.45) is 4.91.